The van der Waals surface area contributed by atoms with E-state index in [1.807, 2.05) is 0 Å². The standard InChI is InChI=1S/C20H15NO6S2/c22-18(23)11-27-14-4-2-1-3-12(14)9-17-19(24)21(20(28)29-17)13-5-6-15-16(10-13)26-8-7-25-15/h1-6,9-10H,7-8,11H2,(H,22,23)/p-1/b17-9+. The van der Waals surface area contributed by atoms with Crippen LogP contribution in [0.1, 0.15) is 5.56 Å². The zero-order valence-electron chi connectivity index (χ0n) is 15.0. The zero-order chi connectivity index (χ0) is 20.4. The number of hydrogen-bond donors (Lipinski definition) is 0. The second-order valence-electron chi connectivity index (χ2n) is 6.04. The molecule has 1 amide bonds. The Labute approximate surface area is 175 Å². The van der Waals surface area contributed by atoms with Crippen LogP contribution >= 0.6 is 24.0 Å². The number of carbonyl (C=O) groups excluding carboxylic acids is 2. The third-order valence-electron chi connectivity index (χ3n) is 4.13. The van der Waals surface area contributed by atoms with Gasteiger partial charge in [-0.1, -0.05) is 42.2 Å². The maximum Gasteiger partial charge on any atom is 0.270 e. The van der Waals surface area contributed by atoms with Crippen molar-refractivity contribution >= 4 is 51.9 Å². The number of para-hydroxylation sites is 1. The van der Waals surface area contributed by atoms with Gasteiger partial charge in [-0.25, -0.2) is 0 Å². The summed E-state index contributed by atoms with van der Waals surface area (Å²) in [5.41, 5.74) is 1.15. The Morgan fingerprint density at radius 3 is 2.76 bits per heavy atom. The predicted molar refractivity (Wildman–Crippen MR) is 110 cm³/mol. The summed E-state index contributed by atoms with van der Waals surface area (Å²) in [4.78, 5) is 25.5. The van der Waals surface area contributed by atoms with E-state index < -0.39 is 12.6 Å². The molecule has 2 aliphatic rings. The molecule has 4 rings (SSSR count). The van der Waals surface area contributed by atoms with Gasteiger partial charge in [-0.05, 0) is 24.3 Å². The van der Waals surface area contributed by atoms with E-state index in [0.29, 0.717) is 50.9 Å². The van der Waals surface area contributed by atoms with Gasteiger partial charge < -0.3 is 24.1 Å². The number of thioether (sulfide) groups is 1. The van der Waals surface area contributed by atoms with Crippen LogP contribution in [0.4, 0.5) is 5.69 Å². The second kappa shape index (κ2) is 8.14. The van der Waals surface area contributed by atoms with Crippen molar-refractivity contribution < 1.29 is 28.9 Å². The average Bonchev–Trinajstić information content (AvgIpc) is 3.00. The zero-order valence-corrected chi connectivity index (χ0v) is 16.6. The fraction of sp³-hybridized carbons (Fsp3) is 0.150. The number of rotatable bonds is 5. The highest BCUT2D eigenvalue weighted by molar-refractivity contribution is 8.27. The molecular weight excluding hydrogens is 414 g/mol. The van der Waals surface area contributed by atoms with E-state index in [1.54, 1.807) is 48.5 Å². The van der Waals surface area contributed by atoms with Crippen LogP contribution in [0.2, 0.25) is 0 Å². The Morgan fingerprint density at radius 2 is 1.97 bits per heavy atom. The molecule has 7 nitrogen and oxygen atoms in total. The first-order valence-corrected chi connectivity index (χ1v) is 9.84. The summed E-state index contributed by atoms with van der Waals surface area (Å²) in [5, 5.41) is 10.7. The summed E-state index contributed by atoms with van der Waals surface area (Å²) in [6, 6.07) is 12.0. The molecule has 0 N–H and O–H groups in total. The van der Waals surface area contributed by atoms with E-state index in [0.717, 1.165) is 11.8 Å². The number of ether oxygens (including phenoxy) is 3. The molecule has 2 heterocycles. The first-order valence-electron chi connectivity index (χ1n) is 8.62. The third-order valence-corrected chi connectivity index (χ3v) is 5.43. The summed E-state index contributed by atoms with van der Waals surface area (Å²) in [6.07, 6.45) is 1.63. The highest BCUT2D eigenvalue weighted by atomic mass is 32.2. The minimum absolute atomic E-state index is 0.286. The number of benzene rings is 2. The average molecular weight is 428 g/mol. The Morgan fingerprint density at radius 1 is 1.21 bits per heavy atom. The summed E-state index contributed by atoms with van der Waals surface area (Å²) >= 11 is 6.56. The number of carbonyl (C=O) groups is 2. The Hall–Kier alpha value is -3.04. The molecule has 1 fully saturated rings. The SMILES string of the molecule is O=C([O-])COc1ccccc1/C=C1/SC(=S)N(c2ccc3c(c2)OCCO3)C1=O. The minimum atomic E-state index is -1.33. The van der Waals surface area contributed by atoms with Crippen LogP contribution in [0.15, 0.2) is 47.4 Å². The van der Waals surface area contributed by atoms with E-state index in [9.17, 15) is 14.7 Å². The van der Waals surface area contributed by atoms with E-state index >= 15 is 0 Å². The van der Waals surface area contributed by atoms with Gasteiger partial charge in [0.15, 0.2) is 15.8 Å². The van der Waals surface area contributed by atoms with Gasteiger partial charge in [-0.3, -0.25) is 9.69 Å². The minimum Gasteiger partial charge on any atom is -0.546 e. The largest absolute Gasteiger partial charge is 0.546 e. The lowest BCUT2D eigenvalue weighted by Crippen LogP contribution is -2.29. The van der Waals surface area contributed by atoms with Crippen LogP contribution in [0, 0.1) is 0 Å². The molecule has 0 atom stereocenters. The molecule has 2 aromatic carbocycles. The molecule has 0 bridgehead atoms. The smallest absolute Gasteiger partial charge is 0.270 e. The van der Waals surface area contributed by atoms with Crippen molar-refractivity contribution in [2.45, 2.75) is 0 Å². The van der Waals surface area contributed by atoms with Gasteiger partial charge in [0.1, 0.15) is 25.6 Å². The van der Waals surface area contributed by atoms with Crippen LogP contribution in [0.5, 0.6) is 17.2 Å². The van der Waals surface area contributed by atoms with Gasteiger partial charge in [0.2, 0.25) is 0 Å². The van der Waals surface area contributed by atoms with Gasteiger partial charge >= 0.3 is 0 Å². The van der Waals surface area contributed by atoms with Crippen molar-refractivity contribution in [2.24, 2.45) is 0 Å². The summed E-state index contributed by atoms with van der Waals surface area (Å²) < 4.78 is 16.7. The molecule has 9 heteroatoms. The van der Waals surface area contributed by atoms with Gasteiger partial charge in [0.25, 0.3) is 5.91 Å². The maximum atomic E-state index is 13.0. The quantitative estimate of drug-likeness (QED) is 0.528. The fourth-order valence-corrected chi connectivity index (χ4v) is 4.16. The third kappa shape index (κ3) is 4.06. The number of nitrogens with zero attached hydrogens (tertiary/aromatic N) is 1. The normalized spacial score (nSPS) is 17.0. The molecule has 2 aromatic rings. The molecule has 148 valence electrons. The lowest BCUT2D eigenvalue weighted by molar-refractivity contribution is -0.307. The highest BCUT2D eigenvalue weighted by Crippen LogP contribution is 2.40. The van der Waals surface area contributed by atoms with Crippen molar-refractivity contribution in [1.29, 1.82) is 0 Å². The van der Waals surface area contributed by atoms with Crippen molar-refractivity contribution in [1.82, 2.24) is 0 Å². The van der Waals surface area contributed by atoms with Crippen LogP contribution in [0.25, 0.3) is 6.08 Å². The lowest BCUT2D eigenvalue weighted by Gasteiger charge is -2.21. The molecule has 0 aromatic heterocycles. The molecule has 2 aliphatic heterocycles. The van der Waals surface area contributed by atoms with Crippen molar-refractivity contribution in [2.75, 3.05) is 24.7 Å². The molecule has 29 heavy (non-hydrogen) atoms. The fourth-order valence-electron chi connectivity index (χ4n) is 2.87. The number of fused-ring (bicyclic) bond motifs is 1. The van der Waals surface area contributed by atoms with Gasteiger partial charge in [0, 0.05) is 11.6 Å². The number of amides is 1. The van der Waals surface area contributed by atoms with E-state index in [4.69, 9.17) is 26.4 Å². The van der Waals surface area contributed by atoms with Gasteiger partial charge in [-0.2, -0.15) is 0 Å². The monoisotopic (exact) mass is 428 g/mol. The van der Waals surface area contributed by atoms with Crippen LogP contribution < -0.4 is 24.2 Å². The van der Waals surface area contributed by atoms with E-state index in [-0.39, 0.29) is 5.91 Å². The number of carboxylic acid groups (broad SMARTS) is 1. The maximum absolute atomic E-state index is 13.0. The molecule has 0 radical (unpaired) electrons. The van der Waals surface area contributed by atoms with Gasteiger partial charge in [0.05, 0.1) is 16.6 Å². The number of carboxylic acids is 1. The van der Waals surface area contributed by atoms with Crippen molar-refractivity contribution in [3.63, 3.8) is 0 Å². The molecule has 0 saturated carbocycles. The van der Waals surface area contributed by atoms with Crippen molar-refractivity contribution in [3.8, 4) is 17.2 Å². The number of aliphatic carboxylic acids is 1. The van der Waals surface area contributed by atoms with Gasteiger partial charge in [-0.15, -0.1) is 0 Å². The molecule has 0 spiro atoms. The Bertz CT molecular complexity index is 1040. The van der Waals surface area contributed by atoms with Crippen molar-refractivity contribution in [3.05, 3.63) is 52.9 Å². The summed E-state index contributed by atoms with van der Waals surface area (Å²) in [6.45, 7) is 0.343. The molecule has 1 saturated heterocycles. The lowest BCUT2D eigenvalue weighted by atomic mass is 10.2. The summed E-state index contributed by atoms with van der Waals surface area (Å²) in [5.74, 6) is -0.0924. The molecule has 0 unspecified atom stereocenters. The molecular formula is C20H14NO6S2-. The highest BCUT2D eigenvalue weighted by Gasteiger charge is 2.34. The number of anilines is 1. The van der Waals surface area contributed by atoms with Crippen LogP contribution in [-0.4, -0.2) is 36.0 Å². The van der Waals surface area contributed by atoms with Crippen LogP contribution in [0.3, 0.4) is 0 Å². The first kappa shape index (κ1) is 19.3. The van der Waals surface area contributed by atoms with E-state index in [1.165, 1.54) is 4.90 Å². The summed E-state index contributed by atoms with van der Waals surface area (Å²) in [7, 11) is 0. The number of hydrogen-bond acceptors (Lipinski definition) is 8. The Kier molecular flexibility index (Phi) is 5.41. The number of thiocarbonyl (C=S) groups is 1. The Balaban J connectivity index is 1.61. The predicted octanol–water partition coefficient (Wildman–Crippen LogP) is 1.99. The van der Waals surface area contributed by atoms with Crippen LogP contribution in [-0.2, 0) is 9.59 Å². The topological polar surface area (TPSA) is 88.1 Å². The second-order valence-corrected chi connectivity index (χ2v) is 7.72. The molecule has 0 aliphatic carbocycles. The first-order chi connectivity index (χ1) is 14.0. The van der Waals surface area contributed by atoms with E-state index in [2.05, 4.69) is 0 Å².